The van der Waals surface area contributed by atoms with Gasteiger partial charge in [0.15, 0.2) is 0 Å². The first-order valence-electron chi connectivity index (χ1n) is 14.3. The Kier molecular flexibility index (Phi) is 10.2. The lowest BCUT2D eigenvalue weighted by Crippen LogP contribution is -2.39. The molecule has 2 fully saturated rings. The fourth-order valence-electron chi connectivity index (χ4n) is 5.49. The summed E-state index contributed by atoms with van der Waals surface area (Å²) >= 11 is 6.54. The smallest absolute Gasteiger partial charge is 0.407 e. The number of rotatable bonds is 14. The van der Waals surface area contributed by atoms with Crippen LogP contribution < -0.4 is 5.32 Å². The van der Waals surface area contributed by atoms with Crippen LogP contribution in [0, 0.1) is 5.92 Å². The van der Waals surface area contributed by atoms with Crippen molar-refractivity contribution in [3.05, 3.63) is 23.1 Å². The maximum absolute atomic E-state index is 10.8. The van der Waals surface area contributed by atoms with Gasteiger partial charge in [-0.25, -0.2) is 14.8 Å². The second-order valence-electron chi connectivity index (χ2n) is 11.3. The molecular formula is C28H44ClN7O2. The molecule has 0 spiro atoms. The van der Waals surface area contributed by atoms with Gasteiger partial charge in [0.2, 0.25) is 5.95 Å². The Morgan fingerprint density at radius 1 is 1.05 bits per heavy atom. The summed E-state index contributed by atoms with van der Waals surface area (Å²) in [6.45, 7) is 1.75. The van der Waals surface area contributed by atoms with Crippen molar-refractivity contribution in [3.63, 3.8) is 0 Å². The van der Waals surface area contributed by atoms with Gasteiger partial charge in [0.05, 0.1) is 23.1 Å². The summed E-state index contributed by atoms with van der Waals surface area (Å²) in [6, 6.07) is 0.997. The maximum atomic E-state index is 10.8. The van der Waals surface area contributed by atoms with Crippen LogP contribution in [0.1, 0.15) is 76.3 Å². The van der Waals surface area contributed by atoms with Crippen molar-refractivity contribution in [2.45, 2.75) is 89.1 Å². The molecule has 2 aromatic heterocycles. The van der Waals surface area contributed by atoms with E-state index in [-0.39, 0.29) is 0 Å². The average Bonchev–Trinajstić information content (AvgIpc) is 3.66. The molecule has 1 amide bonds. The number of carbonyl (C=O) groups is 1. The van der Waals surface area contributed by atoms with E-state index in [2.05, 4.69) is 27.3 Å². The van der Waals surface area contributed by atoms with Gasteiger partial charge in [-0.15, -0.1) is 0 Å². The number of nitrogens with one attached hydrogen (secondary N) is 1. The number of aromatic nitrogens is 4. The largest absolute Gasteiger partial charge is 0.465 e. The van der Waals surface area contributed by atoms with Crippen LogP contribution in [0.2, 0.25) is 5.02 Å². The van der Waals surface area contributed by atoms with Crippen molar-refractivity contribution >= 4 is 23.6 Å². The summed E-state index contributed by atoms with van der Waals surface area (Å²) in [5.74, 6) is 1.41. The van der Waals surface area contributed by atoms with Crippen LogP contribution in [0.15, 0.2) is 12.4 Å². The molecular weight excluding hydrogens is 502 g/mol. The standard InChI is InChI=1S/C28H44ClN7O2/c1-34(15-7-5-4-6-8-16-35(2)28(37)38)22-13-11-21(12-14-22)32-27-30-19-24(29)26(33-27)23-18-31-36(3)25(23)17-20-9-10-20/h18-22H,4-17H2,1-3H3,(H,37,38)(H,30,32,33). The molecule has 2 aromatic rings. The molecule has 0 radical (unpaired) electrons. The van der Waals surface area contributed by atoms with E-state index in [1.54, 1.807) is 13.2 Å². The molecule has 0 saturated heterocycles. The average molecular weight is 546 g/mol. The summed E-state index contributed by atoms with van der Waals surface area (Å²) in [7, 11) is 5.88. The topological polar surface area (TPSA) is 99.4 Å². The van der Waals surface area contributed by atoms with E-state index in [1.165, 1.54) is 55.5 Å². The van der Waals surface area contributed by atoms with Crippen molar-refractivity contribution in [3.8, 4) is 11.3 Å². The van der Waals surface area contributed by atoms with E-state index in [9.17, 15) is 4.79 Å². The molecule has 2 aliphatic rings. The van der Waals surface area contributed by atoms with Gasteiger partial charge in [-0.05, 0) is 77.3 Å². The van der Waals surface area contributed by atoms with E-state index in [0.29, 0.717) is 29.6 Å². The van der Waals surface area contributed by atoms with Gasteiger partial charge in [-0.2, -0.15) is 5.10 Å². The van der Waals surface area contributed by atoms with Crippen molar-refractivity contribution in [1.29, 1.82) is 0 Å². The molecule has 2 N–H and O–H groups in total. The normalized spacial score (nSPS) is 19.6. The summed E-state index contributed by atoms with van der Waals surface area (Å²) in [4.78, 5) is 24.0. The Labute approximate surface area is 232 Å². The minimum Gasteiger partial charge on any atom is -0.465 e. The van der Waals surface area contributed by atoms with E-state index >= 15 is 0 Å². The summed E-state index contributed by atoms with van der Waals surface area (Å²) in [6.07, 6.45) is 16.5. The van der Waals surface area contributed by atoms with E-state index in [1.807, 2.05) is 17.9 Å². The lowest BCUT2D eigenvalue weighted by Gasteiger charge is -2.35. The summed E-state index contributed by atoms with van der Waals surface area (Å²) in [5, 5.41) is 17.5. The van der Waals surface area contributed by atoms with Gasteiger partial charge in [-0.1, -0.05) is 30.9 Å². The molecule has 0 unspecified atom stereocenters. The zero-order chi connectivity index (χ0) is 27.1. The Hall–Kier alpha value is -2.39. The quantitative estimate of drug-likeness (QED) is 0.294. The van der Waals surface area contributed by atoms with Crippen molar-refractivity contribution in [1.82, 2.24) is 29.5 Å². The van der Waals surface area contributed by atoms with Crippen molar-refractivity contribution in [2.24, 2.45) is 13.0 Å². The van der Waals surface area contributed by atoms with Gasteiger partial charge in [0, 0.05) is 44.0 Å². The van der Waals surface area contributed by atoms with Gasteiger partial charge in [0.25, 0.3) is 0 Å². The second-order valence-corrected chi connectivity index (χ2v) is 11.7. The molecule has 4 rings (SSSR count). The van der Waals surface area contributed by atoms with Gasteiger partial charge < -0.3 is 20.2 Å². The Morgan fingerprint density at radius 3 is 2.42 bits per heavy atom. The van der Waals surface area contributed by atoms with E-state index in [0.717, 1.165) is 55.8 Å². The number of hydrogen-bond acceptors (Lipinski definition) is 6. The first-order valence-corrected chi connectivity index (χ1v) is 14.6. The Balaban J connectivity index is 1.19. The number of anilines is 1. The lowest BCUT2D eigenvalue weighted by molar-refractivity contribution is 0.155. The van der Waals surface area contributed by atoms with Crippen LogP contribution in [0.25, 0.3) is 11.3 Å². The van der Waals surface area contributed by atoms with Crippen molar-refractivity contribution in [2.75, 3.05) is 32.5 Å². The third-order valence-electron chi connectivity index (χ3n) is 8.22. The van der Waals surface area contributed by atoms with Gasteiger partial charge in [-0.3, -0.25) is 4.68 Å². The first-order chi connectivity index (χ1) is 18.3. The number of carboxylic acid groups (broad SMARTS) is 1. The highest BCUT2D eigenvalue weighted by molar-refractivity contribution is 6.32. The van der Waals surface area contributed by atoms with Crippen LogP contribution >= 0.6 is 11.6 Å². The molecule has 2 heterocycles. The highest BCUT2D eigenvalue weighted by atomic mass is 35.5. The fraction of sp³-hybridized carbons (Fsp3) is 0.714. The number of hydrogen-bond donors (Lipinski definition) is 2. The van der Waals surface area contributed by atoms with Crippen molar-refractivity contribution < 1.29 is 9.90 Å². The zero-order valence-electron chi connectivity index (χ0n) is 23.2. The molecule has 0 aromatic carbocycles. The SMILES string of the molecule is CN(CCCCCCCN(C)C1CCC(Nc2ncc(Cl)c(-c3cnn(C)c3CC3CC3)n2)CC1)C(=O)O. The predicted molar refractivity (Wildman–Crippen MR) is 152 cm³/mol. The number of aryl methyl sites for hydroxylation is 1. The Bertz CT molecular complexity index is 1050. The third kappa shape index (κ3) is 8.06. The maximum Gasteiger partial charge on any atom is 0.407 e. The van der Waals surface area contributed by atoms with Gasteiger partial charge in [0.1, 0.15) is 0 Å². The minimum atomic E-state index is -0.843. The van der Waals surface area contributed by atoms with Crippen LogP contribution in [-0.2, 0) is 13.5 Å². The molecule has 2 aliphatic carbocycles. The number of nitrogens with zero attached hydrogens (tertiary/aromatic N) is 6. The monoisotopic (exact) mass is 545 g/mol. The molecule has 10 heteroatoms. The van der Waals surface area contributed by atoms with Crippen LogP contribution in [-0.4, -0.2) is 80.0 Å². The summed E-state index contributed by atoms with van der Waals surface area (Å²) in [5.41, 5.74) is 3.00. The second kappa shape index (κ2) is 13.6. The molecule has 0 bridgehead atoms. The zero-order valence-corrected chi connectivity index (χ0v) is 24.0. The van der Waals surface area contributed by atoms with Gasteiger partial charge >= 0.3 is 6.09 Å². The number of amides is 1. The number of halogens is 1. The Morgan fingerprint density at radius 2 is 1.74 bits per heavy atom. The third-order valence-corrected chi connectivity index (χ3v) is 8.50. The molecule has 38 heavy (non-hydrogen) atoms. The fourth-order valence-corrected chi connectivity index (χ4v) is 5.68. The molecule has 0 atom stereocenters. The minimum absolute atomic E-state index is 0.373. The molecule has 9 nitrogen and oxygen atoms in total. The summed E-state index contributed by atoms with van der Waals surface area (Å²) < 4.78 is 1.96. The van der Waals surface area contributed by atoms with Crippen LogP contribution in [0.5, 0.6) is 0 Å². The molecule has 210 valence electrons. The van der Waals surface area contributed by atoms with E-state index in [4.69, 9.17) is 21.7 Å². The van der Waals surface area contributed by atoms with Crippen LogP contribution in [0.3, 0.4) is 0 Å². The first kappa shape index (κ1) is 28.6. The molecule has 0 aliphatic heterocycles. The van der Waals surface area contributed by atoms with E-state index < -0.39 is 6.09 Å². The van der Waals surface area contributed by atoms with Crippen LogP contribution in [0.4, 0.5) is 10.7 Å². The predicted octanol–water partition coefficient (Wildman–Crippen LogP) is 5.70. The highest BCUT2D eigenvalue weighted by Crippen LogP contribution is 2.37. The lowest BCUT2D eigenvalue weighted by atomic mass is 9.90. The number of unbranched alkanes of at least 4 members (excludes halogenated alkanes) is 4. The molecule has 2 saturated carbocycles. The highest BCUT2D eigenvalue weighted by Gasteiger charge is 2.27.